The minimum Gasteiger partial charge on any atom is -0.322 e. The second-order valence-corrected chi connectivity index (χ2v) is 5.47. The highest BCUT2D eigenvalue weighted by atomic mass is 32.2. The van der Waals surface area contributed by atoms with Gasteiger partial charge in [-0.05, 0) is 52.5 Å². The molecule has 0 fully saturated rings. The van der Waals surface area contributed by atoms with Gasteiger partial charge in [0, 0.05) is 11.9 Å². The van der Waals surface area contributed by atoms with Crippen LogP contribution in [0.25, 0.3) is 5.69 Å². The number of hydrogen-bond acceptors (Lipinski definition) is 6. The second kappa shape index (κ2) is 7.13. The van der Waals surface area contributed by atoms with E-state index in [4.69, 9.17) is 0 Å². The van der Waals surface area contributed by atoms with Crippen molar-refractivity contribution in [1.82, 2.24) is 25.2 Å². The summed E-state index contributed by atoms with van der Waals surface area (Å²) in [4.78, 5) is 16.2. The lowest BCUT2D eigenvalue weighted by molar-refractivity contribution is 0.102. The number of anilines is 1. The number of nitrogens with one attached hydrogen (secondary N) is 1. The Morgan fingerprint density at radius 3 is 2.88 bits per heavy atom. The van der Waals surface area contributed by atoms with Gasteiger partial charge in [-0.1, -0.05) is 6.07 Å². The fraction of sp³-hybridized carbons (Fsp3) is 0.0714. The average Bonchev–Trinajstić information content (AvgIpc) is 3.09. The molecule has 0 aliphatic heterocycles. The van der Waals surface area contributed by atoms with Crippen molar-refractivity contribution in [2.75, 3.05) is 5.32 Å². The number of nitrogens with zero attached hydrogens (tertiary/aromatic N) is 5. The van der Waals surface area contributed by atoms with Crippen molar-refractivity contribution in [3.63, 3.8) is 0 Å². The molecule has 1 aromatic carbocycles. The van der Waals surface area contributed by atoms with Gasteiger partial charge < -0.3 is 5.32 Å². The van der Waals surface area contributed by atoms with Crippen molar-refractivity contribution < 1.29 is 13.6 Å². The molecule has 0 radical (unpaired) electrons. The van der Waals surface area contributed by atoms with Crippen LogP contribution in [-0.2, 0) is 0 Å². The Hall–Kier alpha value is -2.88. The Labute approximate surface area is 139 Å². The molecule has 1 N–H and O–H groups in total. The third-order valence-corrected chi connectivity index (χ3v) is 3.66. The molecular weight excluding hydrogens is 338 g/mol. The van der Waals surface area contributed by atoms with E-state index in [1.54, 1.807) is 24.3 Å². The van der Waals surface area contributed by atoms with Crippen LogP contribution >= 0.6 is 11.8 Å². The van der Waals surface area contributed by atoms with Gasteiger partial charge in [0.2, 0.25) is 0 Å². The normalized spacial score (nSPS) is 10.8. The molecule has 0 saturated carbocycles. The number of hydrogen-bond donors (Lipinski definition) is 1. The van der Waals surface area contributed by atoms with Gasteiger partial charge in [-0.15, -0.1) is 5.10 Å². The first-order valence-electron chi connectivity index (χ1n) is 6.68. The first-order chi connectivity index (χ1) is 11.6. The number of carbonyl (C=O) groups excluding carboxylic acids is 1. The SMILES string of the molecule is O=C(Nc1cccc(-n2cnnn2)c1)c1cccnc1SC(F)F. The number of rotatable bonds is 5. The van der Waals surface area contributed by atoms with Crippen molar-refractivity contribution in [2.24, 2.45) is 0 Å². The molecule has 0 atom stereocenters. The highest BCUT2D eigenvalue weighted by molar-refractivity contribution is 7.99. The molecule has 1 amide bonds. The van der Waals surface area contributed by atoms with E-state index < -0.39 is 11.7 Å². The molecule has 2 heterocycles. The van der Waals surface area contributed by atoms with Crippen LogP contribution in [0.15, 0.2) is 53.9 Å². The molecule has 122 valence electrons. The van der Waals surface area contributed by atoms with Gasteiger partial charge in [0.15, 0.2) is 0 Å². The number of alkyl halides is 2. The van der Waals surface area contributed by atoms with Crippen LogP contribution in [0.3, 0.4) is 0 Å². The molecule has 0 saturated heterocycles. The van der Waals surface area contributed by atoms with Gasteiger partial charge in [0.25, 0.3) is 11.7 Å². The van der Waals surface area contributed by atoms with Crippen LogP contribution in [-0.4, -0.2) is 36.9 Å². The van der Waals surface area contributed by atoms with Crippen molar-refractivity contribution in [2.45, 2.75) is 10.8 Å². The Bertz CT molecular complexity index is 843. The summed E-state index contributed by atoms with van der Waals surface area (Å²) in [5, 5.41) is 13.5. The van der Waals surface area contributed by atoms with E-state index >= 15 is 0 Å². The summed E-state index contributed by atoms with van der Waals surface area (Å²) in [5.41, 5.74) is 1.20. The molecular formula is C14H10F2N6OS. The number of carbonyl (C=O) groups is 1. The van der Waals surface area contributed by atoms with Crippen LogP contribution in [0.5, 0.6) is 0 Å². The number of aromatic nitrogens is 5. The van der Waals surface area contributed by atoms with Gasteiger partial charge in [-0.25, -0.2) is 9.67 Å². The molecule has 0 aliphatic rings. The molecule has 0 bridgehead atoms. The summed E-state index contributed by atoms with van der Waals surface area (Å²) < 4.78 is 26.6. The topological polar surface area (TPSA) is 85.6 Å². The lowest BCUT2D eigenvalue weighted by Gasteiger charge is -2.09. The number of benzene rings is 1. The predicted octanol–water partition coefficient (Wildman–Crippen LogP) is 2.62. The molecule has 24 heavy (non-hydrogen) atoms. The largest absolute Gasteiger partial charge is 0.322 e. The van der Waals surface area contributed by atoms with Crippen LogP contribution in [0.2, 0.25) is 0 Å². The van der Waals surface area contributed by atoms with Crippen LogP contribution in [0, 0.1) is 0 Å². The Balaban J connectivity index is 1.82. The number of tetrazole rings is 1. The third kappa shape index (κ3) is 3.71. The zero-order chi connectivity index (χ0) is 16.9. The Morgan fingerprint density at radius 1 is 1.25 bits per heavy atom. The molecule has 10 heteroatoms. The first-order valence-corrected chi connectivity index (χ1v) is 7.56. The van der Waals surface area contributed by atoms with Crippen molar-refractivity contribution in [1.29, 1.82) is 0 Å². The average molecular weight is 348 g/mol. The number of halogens is 2. The van der Waals surface area contributed by atoms with E-state index in [-0.39, 0.29) is 22.4 Å². The first kappa shape index (κ1) is 16.0. The van der Waals surface area contributed by atoms with E-state index in [1.165, 1.54) is 29.3 Å². The van der Waals surface area contributed by atoms with Gasteiger partial charge >= 0.3 is 0 Å². The third-order valence-electron chi connectivity index (χ3n) is 2.93. The second-order valence-electron chi connectivity index (χ2n) is 4.49. The van der Waals surface area contributed by atoms with Gasteiger partial charge in [0.05, 0.1) is 11.3 Å². The standard InChI is InChI=1S/C14H10F2N6OS/c15-14(16)24-13-11(5-2-6-17-13)12(23)19-9-3-1-4-10(7-9)22-8-18-20-21-22/h1-8,14H,(H,19,23). The molecule has 0 spiro atoms. The van der Waals surface area contributed by atoms with Gasteiger partial charge in [-0.2, -0.15) is 8.78 Å². The minimum atomic E-state index is -2.66. The summed E-state index contributed by atoms with van der Waals surface area (Å²) in [6, 6.07) is 9.76. The van der Waals surface area contributed by atoms with E-state index in [0.29, 0.717) is 11.4 Å². The molecule has 7 nitrogen and oxygen atoms in total. The maximum absolute atomic E-state index is 12.6. The smallest absolute Gasteiger partial charge is 0.290 e. The number of pyridine rings is 1. The van der Waals surface area contributed by atoms with Crippen molar-refractivity contribution in [3.05, 3.63) is 54.5 Å². The highest BCUT2D eigenvalue weighted by Crippen LogP contribution is 2.27. The van der Waals surface area contributed by atoms with Crippen molar-refractivity contribution >= 4 is 23.4 Å². The Kier molecular flexibility index (Phi) is 4.75. The summed E-state index contributed by atoms with van der Waals surface area (Å²) in [6.07, 6.45) is 2.78. The molecule has 3 rings (SSSR count). The quantitative estimate of drug-likeness (QED) is 0.714. The van der Waals surface area contributed by atoms with Crippen LogP contribution in [0.4, 0.5) is 14.5 Å². The number of amides is 1. The van der Waals surface area contributed by atoms with Crippen molar-refractivity contribution in [3.8, 4) is 5.69 Å². The van der Waals surface area contributed by atoms with E-state index in [9.17, 15) is 13.6 Å². The van der Waals surface area contributed by atoms with Gasteiger partial charge in [0.1, 0.15) is 11.4 Å². The van der Waals surface area contributed by atoms with Gasteiger partial charge in [-0.3, -0.25) is 4.79 Å². The van der Waals surface area contributed by atoms with Crippen LogP contribution < -0.4 is 5.32 Å². The summed E-state index contributed by atoms with van der Waals surface area (Å²) in [6.45, 7) is 0. The zero-order valence-electron chi connectivity index (χ0n) is 12.0. The predicted molar refractivity (Wildman–Crippen MR) is 83.2 cm³/mol. The highest BCUT2D eigenvalue weighted by Gasteiger charge is 2.17. The minimum absolute atomic E-state index is 0.0263. The monoisotopic (exact) mass is 348 g/mol. The molecule has 3 aromatic rings. The van der Waals surface area contributed by atoms with E-state index in [0.717, 1.165) is 0 Å². The van der Waals surface area contributed by atoms with Crippen LogP contribution in [0.1, 0.15) is 10.4 Å². The summed E-state index contributed by atoms with van der Waals surface area (Å²) in [5.74, 6) is -3.19. The Morgan fingerprint density at radius 2 is 2.12 bits per heavy atom. The zero-order valence-corrected chi connectivity index (χ0v) is 12.8. The fourth-order valence-electron chi connectivity index (χ4n) is 1.95. The summed E-state index contributed by atoms with van der Waals surface area (Å²) >= 11 is 0.229. The lowest BCUT2D eigenvalue weighted by Crippen LogP contribution is -2.14. The summed E-state index contributed by atoms with van der Waals surface area (Å²) in [7, 11) is 0. The number of thioether (sulfide) groups is 1. The molecule has 0 aliphatic carbocycles. The maximum atomic E-state index is 12.6. The van der Waals surface area contributed by atoms with E-state index in [2.05, 4.69) is 25.8 Å². The maximum Gasteiger partial charge on any atom is 0.290 e. The molecule has 2 aromatic heterocycles. The molecule has 0 unspecified atom stereocenters. The fourth-order valence-corrected chi connectivity index (χ4v) is 2.52. The van der Waals surface area contributed by atoms with E-state index in [1.807, 2.05) is 0 Å². The lowest BCUT2D eigenvalue weighted by atomic mass is 10.2.